The highest BCUT2D eigenvalue weighted by molar-refractivity contribution is 6.23. The van der Waals surface area contributed by atoms with E-state index in [0.29, 0.717) is 0 Å². The normalized spacial score (nSPS) is 11.1. The van der Waals surface area contributed by atoms with Crippen LogP contribution in [0.2, 0.25) is 0 Å². The molecule has 4 aromatic rings. The maximum absolute atomic E-state index is 11.9. The summed E-state index contributed by atoms with van der Waals surface area (Å²) >= 11 is 0. The molecule has 4 aromatic carbocycles. The maximum Gasteiger partial charge on any atom is 0.344 e. The van der Waals surface area contributed by atoms with Crippen LogP contribution >= 0.6 is 0 Å². The van der Waals surface area contributed by atoms with Crippen LogP contribution in [0.1, 0.15) is 12.5 Å². The Labute approximate surface area is 156 Å². The molecule has 4 nitrogen and oxygen atoms in total. The average Bonchev–Trinajstić information content (AvgIpc) is 2.69. The van der Waals surface area contributed by atoms with Gasteiger partial charge in [-0.3, -0.25) is 0 Å². The first-order valence-electron chi connectivity index (χ1n) is 8.68. The third-order valence-electron chi connectivity index (χ3n) is 4.68. The van der Waals surface area contributed by atoms with Crippen molar-refractivity contribution < 1.29 is 19.1 Å². The van der Waals surface area contributed by atoms with Crippen LogP contribution in [0.5, 0.6) is 0 Å². The van der Waals surface area contributed by atoms with E-state index in [1.165, 1.54) is 28.5 Å². The molecule has 0 aliphatic heterocycles. The molecular formula is C23H18O4. The van der Waals surface area contributed by atoms with Crippen molar-refractivity contribution in [1.82, 2.24) is 0 Å². The van der Waals surface area contributed by atoms with Crippen LogP contribution in [0, 0.1) is 0 Å². The summed E-state index contributed by atoms with van der Waals surface area (Å²) in [6.07, 6.45) is 0. The molecule has 27 heavy (non-hydrogen) atoms. The summed E-state index contributed by atoms with van der Waals surface area (Å²) in [4.78, 5) is 23.2. The van der Waals surface area contributed by atoms with Gasteiger partial charge < -0.3 is 9.47 Å². The minimum atomic E-state index is -0.602. The predicted octanol–water partition coefficient (Wildman–Crippen LogP) is 4.75. The number of hydrogen-bond acceptors (Lipinski definition) is 4. The van der Waals surface area contributed by atoms with E-state index >= 15 is 0 Å². The van der Waals surface area contributed by atoms with Gasteiger partial charge in [-0.05, 0) is 44.8 Å². The van der Waals surface area contributed by atoms with Crippen LogP contribution < -0.4 is 0 Å². The summed E-state index contributed by atoms with van der Waals surface area (Å²) in [6, 6.07) is 18.6. The molecule has 0 heterocycles. The van der Waals surface area contributed by atoms with Crippen molar-refractivity contribution in [2.24, 2.45) is 0 Å². The molecule has 0 amide bonds. The Morgan fingerprint density at radius 2 is 1.48 bits per heavy atom. The molecule has 134 valence electrons. The molecule has 4 rings (SSSR count). The van der Waals surface area contributed by atoms with Gasteiger partial charge in [0.1, 0.15) is 6.61 Å². The molecule has 0 unspecified atom stereocenters. The van der Waals surface area contributed by atoms with Crippen LogP contribution in [-0.2, 0) is 25.7 Å². The van der Waals surface area contributed by atoms with Crippen molar-refractivity contribution in [2.45, 2.75) is 13.5 Å². The Morgan fingerprint density at radius 3 is 2.19 bits per heavy atom. The molecule has 4 heteroatoms. The van der Waals surface area contributed by atoms with Gasteiger partial charge in [-0.1, -0.05) is 61.2 Å². The van der Waals surface area contributed by atoms with E-state index in [-0.39, 0.29) is 12.2 Å². The standard InChI is InChI=1S/C23H18O4/c1-14(2)23(25)27-13-20(24)26-12-18-9-8-17-7-6-15-4-3-5-16-10-11-19(18)22(17)21(15)16/h3-11H,1,12-13H2,2H3. The molecule has 0 aliphatic rings. The van der Waals surface area contributed by atoms with Crippen molar-refractivity contribution in [2.75, 3.05) is 6.61 Å². The predicted molar refractivity (Wildman–Crippen MR) is 106 cm³/mol. The smallest absolute Gasteiger partial charge is 0.344 e. The second-order valence-corrected chi connectivity index (χ2v) is 6.60. The monoisotopic (exact) mass is 358 g/mol. The highest BCUT2D eigenvalue weighted by Crippen LogP contribution is 2.36. The van der Waals surface area contributed by atoms with E-state index in [2.05, 4.69) is 49.0 Å². The largest absolute Gasteiger partial charge is 0.458 e. The number of carbonyl (C=O) groups is 2. The molecule has 0 N–H and O–H groups in total. The Kier molecular flexibility index (Phi) is 4.24. The molecule has 0 bridgehead atoms. The minimum absolute atomic E-state index is 0.123. The van der Waals surface area contributed by atoms with Crippen molar-refractivity contribution in [3.8, 4) is 0 Å². The van der Waals surface area contributed by atoms with E-state index in [9.17, 15) is 9.59 Å². The minimum Gasteiger partial charge on any atom is -0.458 e. The zero-order valence-electron chi connectivity index (χ0n) is 15.0. The number of carbonyl (C=O) groups excluding carboxylic acids is 2. The number of esters is 2. The summed E-state index contributed by atoms with van der Waals surface area (Å²) < 4.78 is 10.1. The van der Waals surface area contributed by atoms with Gasteiger partial charge in [0, 0.05) is 5.57 Å². The molecule has 0 saturated heterocycles. The van der Waals surface area contributed by atoms with Gasteiger partial charge in [0.15, 0.2) is 6.61 Å². The van der Waals surface area contributed by atoms with Gasteiger partial charge in [0.05, 0.1) is 0 Å². The summed E-state index contributed by atoms with van der Waals surface area (Å²) in [5, 5.41) is 6.98. The van der Waals surface area contributed by atoms with Crippen molar-refractivity contribution >= 4 is 44.3 Å². The molecule has 0 spiro atoms. The lowest BCUT2D eigenvalue weighted by Crippen LogP contribution is -2.16. The number of hydrogen-bond donors (Lipinski definition) is 0. The van der Waals surface area contributed by atoms with Crippen LogP contribution in [0.4, 0.5) is 0 Å². The van der Waals surface area contributed by atoms with E-state index in [4.69, 9.17) is 9.47 Å². The Hall–Kier alpha value is -3.40. The van der Waals surface area contributed by atoms with Crippen LogP contribution in [0.3, 0.4) is 0 Å². The van der Waals surface area contributed by atoms with Crippen molar-refractivity contribution in [1.29, 1.82) is 0 Å². The van der Waals surface area contributed by atoms with Gasteiger partial charge in [0.2, 0.25) is 0 Å². The van der Waals surface area contributed by atoms with Crippen molar-refractivity contribution in [3.05, 3.63) is 72.3 Å². The molecule has 0 saturated carbocycles. The summed E-state index contributed by atoms with van der Waals surface area (Å²) in [7, 11) is 0. The lowest BCUT2D eigenvalue weighted by molar-refractivity contribution is -0.157. The second-order valence-electron chi connectivity index (χ2n) is 6.60. The van der Waals surface area contributed by atoms with Crippen LogP contribution in [0.25, 0.3) is 32.3 Å². The highest BCUT2D eigenvalue weighted by atomic mass is 16.6. The van der Waals surface area contributed by atoms with Crippen molar-refractivity contribution in [3.63, 3.8) is 0 Å². The second kappa shape index (κ2) is 6.72. The Morgan fingerprint density at radius 1 is 0.852 bits per heavy atom. The van der Waals surface area contributed by atoms with Gasteiger partial charge in [0.25, 0.3) is 0 Å². The third-order valence-corrected chi connectivity index (χ3v) is 4.68. The number of rotatable bonds is 5. The zero-order chi connectivity index (χ0) is 19.0. The Balaban J connectivity index is 1.62. The molecule has 0 radical (unpaired) electrons. The first-order chi connectivity index (χ1) is 13.0. The van der Waals surface area contributed by atoms with Crippen LogP contribution in [0.15, 0.2) is 66.7 Å². The number of benzene rings is 4. The molecule has 0 aromatic heterocycles. The van der Waals surface area contributed by atoms with Gasteiger partial charge in [-0.15, -0.1) is 0 Å². The fraction of sp³-hybridized carbons (Fsp3) is 0.130. The average molecular weight is 358 g/mol. The van der Waals surface area contributed by atoms with Crippen LogP contribution in [-0.4, -0.2) is 18.5 Å². The van der Waals surface area contributed by atoms with E-state index in [1.807, 2.05) is 12.1 Å². The number of ether oxygens (including phenoxy) is 2. The zero-order valence-corrected chi connectivity index (χ0v) is 15.0. The van der Waals surface area contributed by atoms with Gasteiger partial charge in [-0.2, -0.15) is 0 Å². The summed E-state index contributed by atoms with van der Waals surface area (Å²) in [5.74, 6) is -1.19. The molecular weight excluding hydrogens is 340 g/mol. The van der Waals surface area contributed by atoms with E-state index < -0.39 is 18.5 Å². The fourth-order valence-corrected chi connectivity index (χ4v) is 3.37. The SMILES string of the molecule is C=C(C)C(=O)OCC(=O)OCc1ccc2ccc3cccc4ccc1c2c34. The highest BCUT2D eigenvalue weighted by Gasteiger charge is 2.13. The summed E-state index contributed by atoms with van der Waals surface area (Å²) in [5.41, 5.74) is 1.16. The quantitative estimate of drug-likeness (QED) is 0.294. The van der Waals surface area contributed by atoms with E-state index in [1.54, 1.807) is 0 Å². The third kappa shape index (κ3) is 3.10. The first-order valence-corrected chi connectivity index (χ1v) is 8.68. The van der Waals surface area contributed by atoms with E-state index in [0.717, 1.165) is 16.3 Å². The summed E-state index contributed by atoms with van der Waals surface area (Å²) in [6.45, 7) is 4.70. The fourth-order valence-electron chi connectivity index (χ4n) is 3.37. The first kappa shape index (κ1) is 17.0. The topological polar surface area (TPSA) is 52.6 Å². The van der Waals surface area contributed by atoms with Gasteiger partial charge >= 0.3 is 11.9 Å². The maximum atomic E-state index is 11.9. The molecule has 0 fully saturated rings. The van der Waals surface area contributed by atoms with Gasteiger partial charge in [-0.25, -0.2) is 9.59 Å². The lowest BCUT2D eigenvalue weighted by atomic mass is 9.92. The lowest BCUT2D eigenvalue weighted by Gasteiger charge is -2.14. The molecule has 0 atom stereocenters. The molecule has 0 aliphatic carbocycles. The Bertz CT molecular complexity index is 1170.